The zero-order valence-corrected chi connectivity index (χ0v) is 10.3. The minimum absolute atomic E-state index is 0.195. The highest BCUT2D eigenvalue weighted by molar-refractivity contribution is 6.12. The SMILES string of the molecule is C=C(C(=O)c1ccccc1NC(C)=O)N(C)C. The Morgan fingerprint density at radius 2 is 1.82 bits per heavy atom. The standard InChI is InChI=1S/C13H16N2O2/c1-9(15(3)4)13(17)11-7-5-6-8-12(11)14-10(2)16/h5-8H,1H2,2-4H3,(H,14,16). The maximum absolute atomic E-state index is 12.1. The van der Waals surface area contributed by atoms with Crippen molar-refractivity contribution in [2.24, 2.45) is 0 Å². The number of carbonyl (C=O) groups is 2. The van der Waals surface area contributed by atoms with Crippen LogP contribution in [-0.2, 0) is 4.79 Å². The smallest absolute Gasteiger partial charge is 0.221 e. The van der Waals surface area contributed by atoms with Gasteiger partial charge >= 0.3 is 0 Å². The van der Waals surface area contributed by atoms with Crippen LogP contribution in [0.4, 0.5) is 5.69 Å². The largest absolute Gasteiger partial charge is 0.375 e. The van der Waals surface area contributed by atoms with Gasteiger partial charge in [0, 0.05) is 26.6 Å². The fourth-order valence-corrected chi connectivity index (χ4v) is 1.34. The van der Waals surface area contributed by atoms with Gasteiger partial charge in [-0.2, -0.15) is 0 Å². The highest BCUT2D eigenvalue weighted by Gasteiger charge is 2.15. The van der Waals surface area contributed by atoms with Gasteiger partial charge in [-0.3, -0.25) is 9.59 Å². The summed E-state index contributed by atoms with van der Waals surface area (Å²) in [7, 11) is 3.50. The average Bonchev–Trinajstić information content (AvgIpc) is 2.27. The van der Waals surface area contributed by atoms with Crippen LogP contribution in [0.1, 0.15) is 17.3 Å². The Kier molecular flexibility index (Phi) is 4.04. The summed E-state index contributed by atoms with van der Waals surface area (Å²) < 4.78 is 0. The number of rotatable bonds is 4. The van der Waals surface area contributed by atoms with Crippen LogP contribution in [0.5, 0.6) is 0 Å². The lowest BCUT2D eigenvalue weighted by Gasteiger charge is -2.16. The van der Waals surface area contributed by atoms with E-state index in [9.17, 15) is 9.59 Å². The summed E-state index contributed by atoms with van der Waals surface area (Å²) in [5.74, 6) is -0.403. The normalized spacial score (nSPS) is 9.59. The van der Waals surface area contributed by atoms with E-state index in [1.165, 1.54) is 6.92 Å². The zero-order chi connectivity index (χ0) is 13.0. The first-order chi connectivity index (χ1) is 7.93. The molecule has 4 heteroatoms. The van der Waals surface area contributed by atoms with Crippen LogP contribution < -0.4 is 5.32 Å². The fourth-order valence-electron chi connectivity index (χ4n) is 1.34. The Morgan fingerprint density at radius 3 is 2.35 bits per heavy atom. The summed E-state index contributed by atoms with van der Waals surface area (Å²) in [5, 5.41) is 2.63. The third-order valence-corrected chi connectivity index (χ3v) is 2.28. The molecule has 0 radical (unpaired) electrons. The highest BCUT2D eigenvalue weighted by atomic mass is 16.1. The van der Waals surface area contributed by atoms with Gasteiger partial charge in [0.1, 0.15) is 0 Å². The number of likely N-dealkylation sites (N-methyl/N-ethyl adjacent to an activating group) is 1. The fraction of sp³-hybridized carbons (Fsp3) is 0.231. The molecule has 0 atom stereocenters. The molecule has 0 unspecified atom stereocenters. The van der Waals surface area contributed by atoms with Crippen LogP contribution in [0, 0.1) is 0 Å². The molecule has 0 saturated carbocycles. The van der Waals surface area contributed by atoms with Gasteiger partial charge in [-0.25, -0.2) is 0 Å². The van der Waals surface area contributed by atoms with E-state index in [2.05, 4.69) is 11.9 Å². The molecule has 0 aliphatic rings. The molecule has 0 spiro atoms. The average molecular weight is 232 g/mol. The van der Waals surface area contributed by atoms with E-state index in [4.69, 9.17) is 0 Å². The Labute approximate surface area is 101 Å². The molecule has 17 heavy (non-hydrogen) atoms. The first kappa shape index (κ1) is 13.0. The summed E-state index contributed by atoms with van der Waals surface area (Å²) in [5.41, 5.74) is 1.33. The Balaban J connectivity index is 3.09. The number of Topliss-reactive ketones (excluding diaryl/α,β-unsaturated/α-hetero) is 1. The number of hydrogen-bond acceptors (Lipinski definition) is 3. The third-order valence-electron chi connectivity index (χ3n) is 2.28. The van der Waals surface area contributed by atoms with Crippen molar-refractivity contribution in [1.29, 1.82) is 0 Å². The van der Waals surface area contributed by atoms with E-state index in [0.29, 0.717) is 16.9 Å². The summed E-state index contributed by atoms with van der Waals surface area (Å²) in [6.45, 7) is 5.12. The van der Waals surface area contributed by atoms with E-state index < -0.39 is 0 Å². The van der Waals surface area contributed by atoms with Crippen molar-refractivity contribution in [3.05, 3.63) is 42.1 Å². The van der Waals surface area contributed by atoms with E-state index >= 15 is 0 Å². The summed E-state index contributed by atoms with van der Waals surface area (Å²) in [4.78, 5) is 24.8. The second kappa shape index (κ2) is 5.30. The molecule has 0 aromatic heterocycles. The molecule has 0 bridgehead atoms. The predicted molar refractivity (Wildman–Crippen MR) is 67.9 cm³/mol. The van der Waals surface area contributed by atoms with E-state index in [1.807, 2.05) is 0 Å². The van der Waals surface area contributed by atoms with Gasteiger partial charge in [-0.1, -0.05) is 18.7 Å². The van der Waals surface area contributed by atoms with E-state index in [1.54, 1.807) is 43.3 Å². The van der Waals surface area contributed by atoms with Crippen LogP contribution in [0.15, 0.2) is 36.5 Å². The van der Waals surface area contributed by atoms with Crippen molar-refractivity contribution < 1.29 is 9.59 Å². The number of nitrogens with zero attached hydrogens (tertiary/aromatic N) is 1. The molecule has 0 heterocycles. The minimum Gasteiger partial charge on any atom is -0.375 e. The topological polar surface area (TPSA) is 49.4 Å². The summed E-state index contributed by atoms with van der Waals surface area (Å²) in [6, 6.07) is 6.88. The monoisotopic (exact) mass is 232 g/mol. The van der Waals surface area contributed by atoms with Gasteiger partial charge in [-0.15, -0.1) is 0 Å². The predicted octanol–water partition coefficient (Wildman–Crippen LogP) is 1.90. The maximum atomic E-state index is 12.1. The molecule has 0 saturated heterocycles. The van der Waals surface area contributed by atoms with Crippen LogP contribution in [0.3, 0.4) is 0 Å². The first-order valence-corrected chi connectivity index (χ1v) is 5.21. The Hall–Kier alpha value is -2.10. The Bertz CT molecular complexity index is 464. The van der Waals surface area contributed by atoms with Gasteiger partial charge in [0.25, 0.3) is 0 Å². The maximum Gasteiger partial charge on any atom is 0.221 e. The van der Waals surface area contributed by atoms with Gasteiger partial charge in [0.05, 0.1) is 11.4 Å². The number of nitrogens with one attached hydrogen (secondary N) is 1. The number of hydrogen-bond donors (Lipinski definition) is 1. The second-order valence-corrected chi connectivity index (χ2v) is 3.90. The molecule has 0 aliphatic heterocycles. The van der Waals surface area contributed by atoms with Crippen molar-refractivity contribution in [2.75, 3.05) is 19.4 Å². The molecule has 4 nitrogen and oxygen atoms in total. The number of allylic oxidation sites excluding steroid dienone is 1. The number of ketones is 1. The van der Waals surface area contributed by atoms with Gasteiger partial charge in [0.15, 0.2) is 0 Å². The highest BCUT2D eigenvalue weighted by Crippen LogP contribution is 2.18. The summed E-state index contributed by atoms with van der Waals surface area (Å²) in [6.07, 6.45) is 0. The molecule has 0 fully saturated rings. The van der Waals surface area contributed by atoms with Crippen molar-refractivity contribution in [3.8, 4) is 0 Å². The van der Waals surface area contributed by atoms with Crippen LogP contribution in [0.25, 0.3) is 0 Å². The molecule has 0 aliphatic carbocycles. The van der Waals surface area contributed by atoms with Gasteiger partial charge in [0.2, 0.25) is 11.7 Å². The molecule has 1 amide bonds. The lowest BCUT2D eigenvalue weighted by Crippen LogP contribution is -2.20. The molecule has 1 rings (SSSR count). The quantitative estimate of drug-likeness (QED) is 0.637. The molecular weight excluding hydrogens is 216 g/mol. The van der Waals surface area contributed by atoms with E-state index in [-0.39, 0.29) is 11.7 Å². The zero-order valence-electron chi connectivity index (χ0n) is 10.3. The molecule has 1 aromatic carbocycles. The van der Waals surface area contributed by atoms with Crippen molar-refractivity contribution in [3.63, 3.8) is 0 Å². The van der Waals surface area contributed by atoms with Gasteiger partial charge in [-0.05, 0) is 12.1 Å². The summed E-state index contributed by atoms with van der Waals surface area (Å²) >= 11 is 0. The number of amides is 1. The number of para-hydroxylation sites is 1. The third kappa shape index (κ3) is 3.17. The molecule has 90 valence electrons. The van der Waals surface area contributed by atoms with Crippen molar-refractivity contribution in [1.82, 2.24) is 4.90 Å². The first-order valence-electron chi connectivity index (χ1n) is 5.21. The lowest BCUT2D eigenvalue weighted by molar-refractivity contribution is -0.114. The van der Waals surface area contributed by atoms with Crippen molar-refractivity contribution >= 4 is 17.4 Å². The van der Waals surface area contributed by atoms with Crippen LogP contribution >= 0.6 is 0 Å². The second-order valence-electron chi connectivity index (χ2n) is 3.90. The van der Waals surface area contributed by atoms with Crippen LogP contribution in [-0.4, -0.2) is 30.7 Å². The molecular formula is C13H16N2O2. The number of carbonyl (C=O) groups excluding carboxylic acids is 2. The lowest BCUT2D eigenvalue weighted by atomic mass is 10.1. The number of anilines is 1. The Morgan fingerprint density at radius 1 is 1.24 bits per heavy atom. The van der Waals surface area contributed by atoms with E-state index in [0.717, 1.165) is 0 Å². The van der Waals surface area contributed by atoms with Crippen LogP contribution in [0.2, 0.25) is 0 Å². The van der Waals surface area contributed by atoms with Crippen molar-refractivity contribution in [2.45, 2.75) is 6.92 Å². The number of benzene rings is 1. The minimum atomic E-state index is -0.208. The molecule has 1 aromatic rings. The molecule has 1 N–H and O–H groups in total. The van der Waals surface area contributed by atoms with Gasteiger partial charge < -0.3 is 10.2 Å².